The van der Waals surface area contributed by atoms with E-state index in [0.717, 1.165) is 0 Å². The fourth-order valence-electron chi connectivity index (χ4n) is 1.31. The van der Waals surface area contributed by atoms with Gasteiger partial charge in [0.1, 0.15) is 12.4 Å². The maximum atomic E-state index is 11.4. The summed E-state index contributed by atoms with van der Waals surface area (Å²) in [6.07, 6.45) is 0. The summed E-state index contributed by atoms with van der Waals surface area (Å²) < 4.78 is 10.1. The molecule has 1 rings (SSSR count). The van der Waals surface area contributed by atoms with Crippen LogP contribution in [0.2, 0.25) is 0 Å². The Hall–Kier alpha value is -2.04. The molecule has 0 atom stereocenters. The van der Waals surface area contributed by atoms with Gasteiger partial charge in [0.25, 0.3) is 0 Å². The summed E-state index contributed by atoms with van der Waals surface area (Å²) in [7, 11) is 1.34. The molecular weight excluding hydrogens is 234 g/mol. The number of nitrogens with two attached hydrogens (primary N) is 1. The maximum Gasteiger partial charge on any atom is 0.314 e. The maximum absolute atomic E-state index is 11.4. The van der Waals surface area contributed by atoms with E-state index in [4.69, 9.17) is 10.5 Å². The van der Waals surface area contributed by atoms with Crippen LogP contribution in [0.25, 0.3) is 0 Å². The van der Waals surface area contributed by atoms with Crippen molar-refractivity contribution >= 4 is 11.9 Å². The van der Waals surface area contributed by atoms with Gasteiger partial charge in [-0.3, -0.25) is 9.59 Å². The first-order valence-electron chi connectivity index (χ1n) is 5.48. The molecule has 0 spiro atoms. The van der Waals surface area contributed by atoms with E-state index in [1.165, 1.54) is 7.11 Å². The predicted molar refractivity (Wildman–Crippen MR) is 66.3 cm³/mol. The molecule has 0 aliphatic rings. The van der Waals surface area contributed by atoms with Gasteiger partial charge in [-0.25, -0.2) is 0 Å². The highest BCUT2D eigenvalue weighted by molar-refractivity contribution is 5.92. The standard InChI is InChI=1S/C13H17NO4/c1-13(2,12(16)17-3)8-18-10-6-4-9(5-7-10)11(14)15/h4-7H,8H2,1-3H3,(H2,14,15). The van der Waals surface area contributed by atoms with Gasteiger partial charge in [-0.2, -0.15) is 0 Å². The fourth-order valence-corrected chi connectivity index (χ4v) is 1.31. The van der Waals surface area contributed by atoms with Gasteiger partial charge in [-0.1, -0.05) is 0 Å². The van der Waals surface area contributed by atoms with Crippen LogP contribution in [0.5, 0.6) is 5.75 Å². The third-order valence-corrected chi connectivity index (χ3v) is 2.48. The van der Waals surface area contributed by atoms with E-state index >= 15 is 0 Å². The summed E-state index contributed by atoms with van der Waals surface area (Å²) in [5.74, 6) is -0.260. The van der Waals surface area contributed by atoms with Crippen LogP contribution in [0.4, 0.5) is 0 Å². The quantitative estimate of drug-likeness (QED) is 0.801. The lowest BCUT2D eigenvalue weighted by molar-refractivity contribution is -0.152. The summed E-state index contributed by atoms with van der Waals surface area (Å²) >= 11 is 0. The van der Waals surface area contributed by atoms with E-state index in [0.29, 0.717) is 11.3 Å². The molecule has 0 bridgehead atoms. The van der Waals surface area contributed by atoms with Crippen molar-refractivity contribution in [2.75, 3.05) is 13.7 Å². The lowest BCUT2D eigenvalue weighted by Crippen LogP contribution is -2.32. The van der Waals surface area contributed by atoms with Gasteiger partial charge in [0.15, 0.2) is 0 Å². The second-order valence-electron chi connectivity index (χ2n) is 4.55. The summed E-state index contributed by atoms with van der Waals surface area (Å²) in [4.78, 5) is 22.3. The van der Waals surface area contributed by atoms with Crippen LogP contribution >= 0.6 is 0 Å². The van der Waals surface area contributed by atoms with Gasteiger partial charge in [0.2, 0.25) is 5.91 Å². The molecular formula is C13H17NO4. The van der Waals surface area contributed by atoms with Crippen molar-refractivity contribution in [2.45, 2.75) is 13.8 Å². The Morgan fingerprint density at radius 3 is 2.22 bits per heavy atom. The largest absolute Gasteiger partial charge is 0.492 e. The molecule has 98 valence electrons. The van der Waals surface area contributed by atoms with Crippen LogP contribution in [0.1, 0.15) is 24.2 Å². The summed E-state index contributed by atoms with van der Waals surface area (Å²) in [6.45, 7) is 3.66. The van der Waals surface area contributed by atoms with E-state index in [9.17, 15) is 9.59 Å². The zero-order chi connectivity index (χ0) is 13.8. The van der Waals surface area contributed by atoms with Gasteiger partial charge < -0.3 is 15.2 Å². The molecule has 0 radical (unpaired) electrons. The number of methoxy groups -OCH3 is 1. The number of hydrogen-bond donors (Lipinski definition) is 1. The molecule has 0 fully saturated rings. The molecule has 2 N–H and O–H groups in total. The highest BCUT2D eigenvalue weighted by Crippen LogP contribution is 2.20. The Kier molecular flexibility index (Phi) is 4.31. The number of benzene rings is 1. The van der Waals surface area contributed by atoms with Crippen molar-refractivity contribution < 1.29 is 19.1 Å². The van der Waals surface area contributed by atoms with Crippen LogP contribution in [-0.4, -0.2) is 25.6 Å². The van der Waals surface area contributed by atoms with Crippen molar-refractivity contribution in [3.63, 3.8) is 0 Å². The number of carbonyl (C=O) groups is 2. The molecule has 5 heteroatoms. The molecule has 0 saturated carbocycles. The number of ether oxygens (including phenoxy) is 2. The lowest BCUT2D eigenvalue weighted by atomic mass is 9.95. The highest BCUT2D eigenvalue weighted by atomic mass is 16.5. The van der Waals surface area contributed by atoms with Crippen molar-refractivity contribution in [2.24, 2.45) is 11.1 Å². The van der Waals surface area contributed by atoms with Crippen LogP contribution in [0.3, 0.4) is 0 Å². The summed E-state index contributed by atoms with van der Waals surface area (Å²) in [5, 5.41) is 0. The van der Waals surface area contributed by atoms with Crippen molar-refractivity contribution in [1.29, 1.82) is 0 Å². The summed E-state index contributed by atoms with van der Waals surface area (Å²) in [5.41, 5.74) is 4.81. The molecule has 0 saturated heterocycles. The zero-order valence-electron chi connectivity index (χ0n) is 10.7. The van der Waals surface area contributed by atoms with Gasteiger partial charge >= 0.3 is 5.97 Å². The molecule has 18 heavy (non-hydrogen) atoms. The molecule has 1 aromatic rings. The van der Waals surface area contributed by atoms with Crippen molar-refractivity contribution in [1.82, 2.24) is 0 Å². The first-order chi connectivity index (χ1) is 8.36. The van der Waals surface area contributed by atoms with E-state index in [1.807, 2.05) is 0 Å². The number of rotatable bonds is 5. The topological polar surface area (TPSA) is 78.6 Å². The minimum atomic E-state index is -0.725. The van der Waals surface area contributed by atoms with E-state index in [1.54, 1.807) is 38.1 Å². The van der Waals surface area contributed by atoms with E-state index < -0.39 is 11.3 Å². The van der Waals surface area contributed by atoms with E-state index in [2.05, 4.69) is 4.74 Å². The molecule has 0 unspecified atom stereocenters. The average molecular weight is 251 g/mol. The SMILES string of the molecule is COC(=O)C(C)(C)COc1ccc(C(N)=O)cc1. The zero-order valence-corrected chi connectivity index (χ0v) is 10.7. The van der Waals surface area contributed by atoms with Crippen LogP contribution < -0.4 is 10.5 Å². The van der Waals surface area contributed by atoms with Crippen LogP contribution in [0, 0.1) is 5.41 Å². The molecule has 0 aliphatic heterocycles. The molecule has 5 nitrogen and oxygen atoms in total. The molecule has 1 aromatic carbocycles. The Morgan fingerprint density at radius 2 is 1.78 bits per heavy atom. The second kappa shape index (κ2) is 5.53. The summed E-state index contributed by atoms with van der Waals surface area (Å²) in [6, 6.07) is 6.41. The minimum absolute atomic E-state index is 0.190. The third-order valence-electron chi connectivity index (χ3n) is 2.48. The Morgan fingerprint density at radius 1 is 1.22 bits per heavy atom. The molecule has 0 heterocycles. The third kappa shape index (κ3) is 3.48. The number of primary amides is 1. The number of esters is 1. The second-order valence-corrected chi connectivity index (χ2v) is 4.55. The van der Waals surface area contributed by atoms with Crippen LogP contribution in [-0.2, 0) is 9.53 Å². The molecule has 1 amide bonds. The predicted octanol–water partition coefficient (Wildman–Crippen LogP) is 1.36. The van der Waals surface area contributed by atoms with Crippen molar-refractivity contribution in [3.8, 4) is 5.75 Å². The monoisotopic (exact) mass is 251 g/mol. The van der Waals surface area contributed by atoms with Crippen LogP contribution in [0.15, 0.2) is 24.3 Å². The minimum Gasteiger partial charge on any atom is -0.492 e. The fraction of sp³-hybridized carbons (Fsp3) is 0.385. The Bertz CT molecular complexity index is 437. The number of amides is 1. The van der Waals surface area contributed by atoms with Gasteiger partial charge in [0, 0.05) is 5.56 Å². The van der Waals surface area contributed by atoms with Gasteiger partial charge in [0.05, 0.1) is 12.5 Å². The first kappa shape index (κ1) is 14.0. The molecule has 0 aromatic heterocycles. The lowest BCUT2D eigenvalue weighted by Gasteiger charge is -2.21. The Balaban J connectivity index is 2.64. The highest BCUT2D eigenvalue weighted by Gasteiger charge is 2.29. The number of carbonyl (C=O) groups excluding carboxylic acids is 2. The van der Waals surface area contributed by atoms with Crippen molar-refractivity contribution in [3.05, 3.63) is 29.8 Å². The van der Waals surface area contributed by atoms with Gasteiger partial charge in [-0.05, 0) is 38.1 Å². The normalized spacial score (nSPS) is 10.8. The smallest absolute Gasteiger partial charge is 0.314 e. The number of hydrogen-bond acceptors (Lipinski definition) is 4. The molecule has 0 aliphatic carbocycles. The van der Waals surface area contributed by atoms with Gasteiger partial charge in [-0.15, -0.1) is 0 Å². The average Bonchev–Trinajstić information content (AvgIpc) is 2.35. The first-order valence-corrected chi connectivity index (χ1v) is 5.48. The van der Waals surface area contributed by atoms with E-state index in [-0.39, 0.29) is 12.6 Å². The Labute approximate surface area is 106 Å².